The van der Waals surface area contributed by atoms with Gasteiger partial charge in [0.2, 0.25) is 0 Å². The van der Waals surface area contributed by atoms with Crippen molar-refractivity contribution in [3.05, 3.63) is 34.9 Å². The minimum atomic E-state index is -4.84. The smallest absolute Gasteiger partial charge is 0.416 e. The van der Waals surface area contributed by atoms with Crippen LogP contribution >= 0.6 is 0 Å². The molecule has 0 aliphatic rings. The number of hydrogen-bond acceptors (Lipinski definition) is 2. The Morgan fingerprint density at radius 1 is 1.10 bits per heavy atom. The van der Waals surface area contributed by atoms with Gasteiger partial charge in [-0.3, -0.25) is 4.79 Å². The van der Waals surface area contributed by atoms with Gasteiger partial charge >= 0.3 is 18.3 Å². The zero-order chi connectivity index (χ0) is 15.6. The van der Waals surface area contributed by atoms with E-state index in [1.807, 2.05) is 0 Å². The largest absolute Gasteiger partial charge is 0.466 e. The lowest BCUT2D eigenvalue weighted by atomic mass is 10.0. The van der Waals surface area contributed by atoms with Gasteiger partial charge in [0, 0.05) is 0 Å². The van der Waals surface area contributed by atoms with Gasteiger partial charge in [-0.15, -0.1) is 0 Å². The van der Waals surface area contributed by atoms with Gasteiger partial charge in [0.25, 0.3) is 0 Å². The molecule has 0 aliphatic heterocycles. The van der Waals surface area contributed by atoms with E-state index in [0.29, 0.717) is 18.2 Å². The Kier molecular flexibility index (Phi) is 4.67. The number of esters is 1. The maximum Gasteiger partial charge on any atom is 0.416 e. The fourth-order valence-corrected chi connectivity index (χ4v) is 1.56. The maximum atomic E-state index is 12.7. The van der Waals surface area contributed by atoms with E-state index >= 15 is 0 Å². The predicted octanol–water partition coefficient (Wildman–Crippen LogP) is 3.83. The maximum absolute atomic E-state index is 12.7. The third-order valence-electron chi connectivity index (χ3n) is 2.38. The van der Waals surface area contributed by atoms with E-state index in [1.54, 1.807) is 0 Å². The van der Waals surface area contributed by atoms with Crippen LogP contribution in [0.1, 0.15) is 23.6 Å². The van der Waals surface area contributed by atoms with Crippen molar-refractivity contribution < 1.29 is 35.9 Å². The predicted molar refractivity (Wildman–Crippen MR) is 56.8 cm³/mol. The molecule has 0 amide bonds. The molecule has 1 aromatic rings. The van der Waals surface area contributed by atoms with Crippen molar-refractivity contribution in [3.8, 4) is 0 Å². The van der Waals surface area contributed by atoms with E-state index in [-0.39, 0.29) is 6.61 Å². The quantitative estimate of drug-likeness (QED) is 0.626. The lowest BCUT2D eigenvalue weighted by Gasteiger charge is -2.15. The van der Waals surface area contributed by atoms with Crippen molar-refractivity contribution in [2.45, 2.75) is 25.7 Å². The zero-order valence-corrected chi connectivity index (χ0v) is 10.2. The number of ether oxygens (including phenoxy) is 1. The molecule has 0 bridgehead atoms. The van der Waals surface area contributed by atoms with Gasteiger partial charge < -0.3 is 4.74 Å². The SMILES string of the molecule is CCOC(=O)Cc1cc(C(F)(F)F)ccc1C(F)(F)F. The van der Waals surface area contributed by atoms with Crippen LogP contribution in [0.4, 0.5) is 26.3 Å². The van der Waals surface area contributed by atoms with Crippen molar-refractivity contribution in [1.82, 2.24) is 0 Å². The summed E-state index contributed by atoms with van der Waals surface area (Å²) in [5.74, 6) is -1.02. The topological polar surface area (TPSA) is 26.3 Å². The summed E-state index contributed by atoms with van der Waals surface area (Å²) in [5, 5.41) is 0. The third kappa shape index (κ3) is 4.14. The molecule has 0 atom stereocenters. The van der Waals surface area contributed by atoms with E-state index in [2.05, 4.69) is 4.74 Å². The highest BCUT2D eigenvalue weighted by molar-refractivity contribution is 5.73. The standard InChI is InChI=1S/C12H10F6O2/c1-2-20-10(19)6-7-5-8(11(13,14)15)3-4-9(7)12(16,17)18/h3-5H,2,6H2,1H3. The summed E-state index contributed by atoms with van der Waals surface area (Å²) in [7, 11) is 0. The first-order chi connectivity index (χ1) is 9.05. The molecule has 0 heterocycles. The fraction of sp³-hybridized carbons (Fsp3) is 0.417. The highest BCUT2D eigenvalue weighted by Crippen LogP contribution is 2.36. The first-order valence-electron chi connectivity index (χ1n) is 5.48. The van der Waals surface area contributed by atoms with Crippen molar-refractivity contribution in [3.63, 3.8) is 0 Å². The average Bonchev–Trinajstić information content (AvgIpc) is 2.26. The summed E-state index contributed by atoms with van der Waals surface area (Å²) in [6, 6.07) is 0.967. The Labute approximate surface area is 110 Å². The minimum Gasteiger partial charge on any atom is -0.466 e. The Morgan fingerprint density at radius 2 is 1.70 bits per heavy atom. The number of carbonyl (C=O) groups is 1. The molecule has 112 valence electrons. The van der Waals surface area contributed by atoms with Gasteiger partial charge in [-0.1, -0.05) is 0 Å². The van der Waals surface area contributed by atoms with Crippen LogP contribution in [0.3, 0.4) is 0 Å². The molecule has 0 spiro atoms. The van der Waals surface area contributed by atoms with Crippen molar-refractivity contribution in [1.29, 1.82) is 0 Å². The van der Waals surface area contributed by atoms with Crippen molar-refractivity contribution >= 4 is 5.97 Å². The molecule has 8 heteroatoms. The van der Waals surface area contributed by atoms with E-state index < -0.39 is 41.4 Å². The van der Waals surface area contributed by atoms with Crippen molar-refractivity contribution in [2.75, 3.05) is 6.61 Å². The Morgan fingerprint density at radius 3 is 2.15 bits per heavy atom. The molecule has 1 rings (SSSR count). The number of alkyl halides is 6. The van der Waals surface area contributed by atoms with Crippen LogP contribution in [0, 0.1) is 0 Å². The number of rotatable bonds is 3. The van der Waals surface area contributed by atoms with Crippen molar-refractivity contribution in [2.24, 2.45) is 0 Å². The van der Waals surface area contributed by atoms with Crippen LogP contribution in [0.2, 0.25) is 0 Å². The first kappa shape index (κ1) is 16.3. The van der Waals surface area contributed by atoms with Crippen LogP contribution in [-0.4, -0.2) is 12.6 Å². The highest BCUT2D eigenvalue weighted by atomic mass is 19.4. The van der Waals surface area contributed by atoms with Gasteiger partial charge in [-0.05, 0) is 30.7 Å². The van der Waals surface area contributed by atoms with Crippen LogP contribution in [0.5, 0.6) is 0 Å². The second kappa shape index (κ2) is 5.72. The first-order valence-corrected chi connectivity index (χ1v) is 5.48. The minimum absolute atomic E-state index is 0.0703. The lowest BCUT2D eigenvalue weighted by molar-refractivity contribution is -0.145. The highest BCUT2D eigenvalue weighted by Gasteiger charge is 2.37. The number of carbonyl (C=O) groups excluding carboxylic acids is 1. The summed E-state index contributed by atoms with van der Waals surface area (Å²) in [6.07, 6.45) is -10.5. The molecule has 0 fully saturated rings. The molecular weight excluding hydrogens is 290 g/mol. The molecule has 0 saturated carbocycles. The van der Waals surface area contributed by atoms with Gasteiger partial charge in [-0.2, -0.15) is 26.3 Å². The number of halogens is 6. The summed E-state index contributed by atoms with van der Waals surface area (Å²) in [4.78, 5) is 11.2. The van der Waals surface area contributed by atoms with Crippen LogP contribution < -0.4 is 0 Å². The summed E-state index contributed by atoms with van der Waals surface area (Å²) in [5.41, 5.74) is -3.28. The second-order valence-corrected chi connectivity index (χ2v) is 3.85. The van der Waals surface area contributed by atoms with Crippen LogP contribution in [0.15, 0.2) is 18.2 Å². The van der Waals surface area contributed by atoms with Gasteiger partial charge in [0.1, 0.15) is 0 Å². The van der Waals surface area contributed by atoms with Crippen LogP contribution in [0.25, 0.3) is 0 Å². The fourth-order valence-electron chi connectivity index (χ4n) is 1.56. The Bertz CT molecular complexity index is 490. The molecule has 0 radical (unpaired) electrons. The molecule has 1 aromatic carbocycles. The van der Waals surface area contributed by atoms with Gasteiger partial charge in [0.05, 0.1) is 24.2 Å². The van der Waals surface area contributed by atoms with Gasteiger partial charge in [0.15, 0.2) is 0 Å². The molecule has 0 N–H and O–H groups in total. The lowest BCUT2D eigenvalue weighted by Crippen LogP contribution is -2.16. The Hall–Kier alpha value is -1.73. The molecule has 20 heavy (non-hydrogen) atoms. The van der Waals surface area contributed by atoms with E-state index in [4.69, 9.17) is 0 Å². The molecule has 2 nitrogen and oxygen atoms in total. The summed E-state index contributed by atoms with van der Waals surface area (Å²) in [6.45, 7) is 1.37. The summed E-state index contributed by atoms with van der Waals surface area (Å²) < 4.78 is 79.9. The molecule has 0 saturated heterocycles. The monoisotopic (exact) mass is 300 g/mol. The Balaban J connectivity index is 3.24. The second-order valence-electron chi connectivity index (χ2n) is 3.85. The van der Waals surface area contributed by atoms with E-state index in [1.165, 1.54) is 6.92 Å². The third-order valence-corrected chi connectivity index (χ3v) is 2.38. The molecule has 0 aromatic heterocycles. The number of benzene rings is 1. The van der Waals surface area contributed by atoms with E-state index in [9.17, 15) is 31.1 Å². The zero-order valence-electron chi connectivity index (χ0n) is 10.2. The molecule has 0 aliphatic carbocycles. The average molecular weight is 300 g/mol. The number of hydrogen-bond donors (Lipinski definition) is 0. The molecular formula is C12H10F6O2. The van der Waals surface area contributed by atoms with Gasteiger partial charge in [-0.25, -0.2) is 0 Å². The molecule has 0 unspecified atom stereocenters. The summed E-state index contributed by atoms with van der Waals surface area (Å²) >= 11 is 0. The van der Waals surface area contributed by atoms with E-state index in [0.717, 1.165) is 0 Å². The van der Waals surface area contributed by atoms with Crippen LogP contribution in [-0.2, 0) is 28.3 Å². The normalized spacial score (nSPS) is 12.3.